The van der Waals surface area contributed by atoms with Gasteiger partial charge in [-0.25, -0.2) is 31.5 Å². The fourth-order valence-electron chi connectivity index (χ4n) is 6.04. The van der Waals surface area contributed by atoms with Crippen molar-refractivity contribution in [3.8, 4) is 0 Å². The molecule has 1 aromatic heterocycles. The van der Waals surface area contributed by atoms with Gasteiger partial charge in [-0.3, -0.25) is 4.79 Å². The van der Waals surface area contributed by atoms with Crippen LogP contribution < -0.4 is 11.1 Å². The predicted octanol–water partition coefficient (Wildman–Crippen LogP) is 5.42. The predicted molar refractivity (Wildman–Crippen MR) is 152 cm³/mol. The Kier molecular flexibility index (Phi) is 8.27. The van der Waals surface area contributed by atoms with Crippen molar-refractivity contribution in [2.45, 2.75) is 76.5 Å². The second-order valence-electron chi connectivity index (χ2n) is 11.6. The minimum atomic E-state index is -4.09. The molecule has 40 heavy (non-hydrogen) atoms. The Hall–Kier alpha value is -3.08. The summed E-state index contributed by atoms with van der Waals surface area (Å²) < 4.78 is 57.2. The van der Waals surface area contributed by atoms with Crippen LogP contribution in [0.5, 0.6) is 0 Å². The summed E-state index contributed by atoms with van der Waals surface area (Å²) in [6.07, 6.45) is 5.39. The number of anilines is 1. The molecule has 1 aromatic carbocycles. The molecule has 0 saturated heterocycles. The Bertz CT molecular complexity index is 1400. The molecule has 1 amide bonds. The van der Waals surface area contributed by atoms with Crippen molar-refractivity contribution in [2.24, 2.45) is 28.5 Å². The number of guanidine groups is 1. The zero-order valence-electron chi connectivity index (χ0n) is 23.7. The lowest BCUT2D eigenvalue weighted by Gasteiger charge is -2.52. The smallest absolute Gasteiger partial charge is 0.274 e. The number of aliphatic imine (C=N–C) groups is 1. The van der Waals surface area contributed by atoms with Crippen LogP contribution in [0.15, 0.2) is 41.5 Å². The Morgan fingerprint density at radius 1 is 1.20 bits per heavy atom. The number of hydrogen-bond donors (Lipinski definition) is 2. The third kappa shape index (κ3) is 5.32. The molecule has 2 heterocycles. The monoisotopic (exact) mass is 575 g/mol. The van der Waals surface area contributed by atoms with Crippen LogP contribution in [0, 0.1) is 29.4 Å². The molecule has 1 aliphatic carbocycles. The maximum absolute atomic E-state index is 15.8. The average Bonchev–Trinajstić information content (AvgIpc) is 3.72. The summed E-state index contributed by atoms with van der Waals surface area (Å²) in [5.41, 5.74) is 4.80. The van der Waals surface area contributed by atoms with Gasteiger partial charge in [-0.15, -0.1) is 0 Å². The molecule has 1 saturated carbocycles. The van der Waals surface area contributed by atoms with Crippen molar-refractivity contribution in [1.29, 1.82) is 0 Å². The topological polar surface area (TPSA) is 118 Å². The van der Waals surface area contributed by atoms with E-state index in [1.165, 1.54) is 44.2 Å². The first-order valence-electron chi connectivity index (χ1n) is 13.8. The highest BCUT2D eigenvalue weighted by atomic mass is 32.2. The van der Waals surface area contributed by atoms with E-state index in [1.807, 2.05) is 6.92 Å². The normalized spacial score (nSPS) is 25.7. The van der Waals surface area contributed by atoms with Crippen molar-refractivity contribution in [1.82, 2.24) is 9.29 Å². The Labute approximate surface area is 235 Å². The highest BCUT2D eigenvalue weighted by molar-refractivity contribution is 7.91. The van der Waals surface area contributed by atoms with Crippen LogP contribution in [0.25, 0.3) is 0 Å². The third-order valence-corrected chi connectivity index (χ3v) is 11.5. The van der Waals surface area contributed by atoms with Crippen molar-refractivity contribution in [3.63, 3.8) is 0 Å². The number of amides is 1. The van der Waals surface area contributed by atoms with E-state index in [4.69, 9.17) is 10.7 Å². The SMILES string of the molecule is CCCC1(CC(C)C(C)CC2CC2)C(C)(c2cc(NC(=O)c3ccc(F)cn3)ccc2F)N=C(N)N(C)S1(=O)=O. The number of aromatic nitrogens is 1. The van der Waals surface area contributed by atoms with Crippen LogP contribution in [0.1, 0.15) is 82.3 Å². The Balaban J connectivity index is 1.82. The number of nitrogens with one attached hydrogen (secondary N) is 1. The summed E-state index contributed by atoms with van der Waals surface area (Å²) >= 11 is 0. The lowest BCUT2D eigenvalue weighted by Crippen LogP contribution is -2.65. The van der Waals surface area contributed by atoms with Gasteiger partial charge in [0.15, 0.2) is 0 Å². The molecule has 0 radical (unpaired) electrons. The number of sulfonamides is 1. The number of carbonyl (C=O) groups is 1. The molecule has 1 aliphatic heterocycles. The number of rotatable bonds is 10. The Morgan fingerprint density at radius 2 is 1.90 bits per heavy atom. The minimum absolute atomic E-state index is 0.0136. The maximum atomic E-state index is 15.8. The number of nitrogens with two attached hydrogens (primary N) is 1. The van der Waals surface area contributed by atoms with Crippen LogP contribution in [-0.2, 0) is 15.6 Å². The van der Waals surface area contributed by atoms with Crippen LogP contribution in [0.3, 0.4) is 0 Å². The van der Waals surface area contributed by atoms with Crippen LogP contribution in [0.2, 0.25) is 0 Å². The average molecular weight is 576 g/mol. The summed E-state index contributed by atoms with van der Waals surface area (Å²) in [5.74, 6) is -1.12. The van der Waals surface area contributed by atoms with Gasteiger partial charge < -0.3 is 11.1 Å². The van der Waals surface area contributed by atoms with E-state index in [0.29, 0.717) is 12.3 Å². The quantitative estimate of drug-likeness (QED) is 0.392. The second-order valence-corrected chi connectivity index (χ2v) is 13.9. The van der Waals surface area contributed by atoms with Gasteiger partial charge in [0.05, 0.1) is 6.20 Å². The third-order valence-electron chi connectivity index (χ3n) is 8.79. The molecule has 218 valence electrons. The zero-order valence-corrected chi connectivity index (χ0v) is 24.6. The lowest BCUT2D eigenvalue weighted by atomic mass is 9.70. The largest absolute Gasteiger partial charge is 0.369 e. The minimum Gasteiger partial charge on any atom is -0.369 e. The molecular weight excluding hydrogens is 536 g/mol. The fourth-order valence-corrected chi connectivity index (χ4v) is 8.44. The molecule has 2 aliphatic rings. The van der Waals surface area contributed by atoms with Gasteiger partial charge in [0, 0.05) is 18.3 Å². The summed E-state index contributed by atoms with van der Waals surface area (Å²) in [7, 11) is -2.71. The molecule has 11 heteroatoms. The number of benzene rings is 1. The van der Waals surface area contributed by atoms with Gasteiger partial charge in [-0.2, -0.15) is 0 Å². The number of carbonyl (C=O) groups excluding carboxylic acids is 1. The van der Waals surface area contributed by atoms with Gasteiger partial charge in [-0.05, 0) is 74.3 Å². The summed E-state index contributed by atoms with van der Waals surface area (Å²) in [6.45, 7) is 7.74. The first kappa shape index (κ1) is 29.9. The number of pyridine rings is 1. The molecule has 2 aromatic rings. The van der Waals surface area contributed by atoms with E-state index < -0.39 is 37.9 Å². The highest BCUT2D eigenvalue weighted by Gasteiger charge is 2.63. The van der Waals surface area contributed by atoms with E-state index in [1.54, 1.807) is 6.92 Å². The molecule has 0 spiro atoms. The lowest BCUT2D eigenvalue weighted by molar-refractivity contribution is 0.102. The van der Waals surface area contributed by atoms with Crippen molar-refractivity contribution in [2.75, 3.05) is 12.4 Å². The maximum Gasteiger partial charge on any atom is 0.274 e. The molecule has 1 fully saturated rings. The van der Waals surface area contributed by atoms with Gasteiger partial charge in [-0.1, -0.05) is 40.0 Å². The zero-order chi connectivity index (χ0) is 29.5. The Morgan fingerprint density at radius 3 is 2.50 bits per heavy atom. The van der Waals surface area contributed by atoms with E-state index in [-0.39, 0.29) is 47.6 Å². The standard InChI is InChI=1S/C29H39F2N5O3S/c1-6-13-29(16-19(3)18(2)14-20-7-8-20)28(4,35-27(32)36(5)40(29,38)39)23-15-22(10-11-24(23)31)34-26(37)25-12-9-21(30)17-33-25/h9-12,15,17-20H,6-8,13-14,16H2,1-5H3,(H2,32,35)(H,34,37). The highest BCUT2D eigenvalue weighted by Crippen LogP contribution is 2.54. The van der Waals surface area contributed by atoms with Crippen LogP contribution in [0.4, 0.5) is 14.5 Å². The summed E-state index contributed by atoms with van der Waals surface area (Å²) in [5, 5.41) is 2.66. The summed E-state index contributed by atoms with van der Waals surface area (Å²) in [4.78, 5) is 21.3. The van der Waals surface area contributed by atoms with E-state index in [9.17, 15) is 17.6 Å². The van der Waals surface area contributed by atoms with Crippen molar-refractivity contribution < 1.29 is 22.0 Å². The molecule has 4 rings (SSSR count). The van der Waals surface area contributed by atoms with Gasteiger partial charge in [0.2, 0.25) is 16.0 Å². The molecule has 3 N–H and O–H groups in total. The number of halogens is 2. The first-order valence-corrected chi connectivity index (χ1v) is 15.3. The number of nitrogens with zero attached hydrogens (tertiary/aromatic N) is 3. The molecule has 0 bridgehead atoms. The molecule has 4 atom stereocenters. The van der Waals surface area contributed by atoms with E-state index in [2.05, 4.69) is 24.1 Å². The van der Waals surface area contributed by atoms with E-state index >= 15 is 4.39 Å². The molecular formula is C29H39F2N5O3S. The van der Waals surface area contributed by atoms with E-state index in [0.717, 1.165) is 23.0 Å². The first-order chi connectivity index (χ1) is 18.8. The molecule has 8 nitrogen and oxygen atoms in total. The van der Waals surface area contributed by atoms with Crippen LogP contribution >= 0.6 is 0 Å². The van der Waals surface area contributed by atoms with Gasteiger partial charge >= 0.3 is 0 Å². The van der Waals surface area contributed by atoms with Crippen molar-refractivity contribution >= 4 is 27.6 Å². The van der Waals surface area contributed by atoms with Crippen molar-refractivity contribution in [3.05, 3.63) is 59.4 Å². The van der Waals surface area contributed by atoms with Crippen LogP contribution in [-0.4, -0.2) is 41.4 Å². The van der Waals surface area contributed by atoms with Gasteiger partial charge in [0.1, 0.15) is 27.6 Å². The number of hydrogen-bond acceptors (Lipinski definition) is 6. The second kappa shape index (κ2) is 11.1. The molecule has 4 unspecified atom stereocenters. The van der Waals surface area contributed by atoms with Gasteiger partial charge in [0.25, 0.3) is 5.91 Å². The summed E-state index contributed by atoms with van der Waals surface area (Å²) in [6, 6.07) is 6.33. The fraction of sp³-hybridized carbons (Fsp3) is 0.552.